The SMILES string of the molecule is COC(=O)c1cc(Cl)c(NC(=O)NC[C@H]([C@@H]2CCOC2)N2CCOCC2)cc1OC. The van der Waals surface area contributed by atoms with Gasteiger partial charge in [-0.2, -0.15) is 0 Å². The third-order valence-corrected chi connectivity index (χ3v) is 5.75. The molecule has 2 saturated heterocycles. The van der Waals surface area contributed by atoms with Crippen LogP contribution in [0.4, 0.5) is 10.5 Å². The van der Waals surface area contributed by atoms with Gasteiger partial charge in [0.2, 0.25) is 0 Å². The van der Waals surface area contributed by atoms with Gasteiger partial charge in [0.15, 0.2) is 0 Å². The number of amides is 2. The van der Waals surface area contributed by atoms with Crippen LogP contribution in [0.3, 0.4) is 0 Å². The van der Waals surface area contributed by atoms with E-state index in [2.05, 4.69) is 15.5 Å². The Kier molecular flexibility index (Phi) is 8.15. The van der Waals surface area contributed by atoms with Crippen LogP contribution in [0.2, 0.25) is 5.02 Å². The lowest BCUT2D eigenvalue weighted by molar-refractivity contribution is 0.00222. The molecule has 9 nitrogen and oxygen atoms in total. The predicted octanol–water partition coefficient (Wildman–Crippen LogP) is 1.99. The molecule has 0 unspecified atom stereocenters. The Labute approximate surface area is 180 Å². The van der Waals surface area contributed by atoms with Crippen LogP contribution in [-0.4, -0.2) is 83.2 Å². The van der Waals surface area contributed by atoms with Gasteiger partial charge in [0.05, 0.1) is 44.8 Å². The van der Waals surface area contributed by atoms with Crippen molar-refractivity contribution in [3.63, 3.8) is 0 Å². The Morgan fingerprint density at radius 3 is 2.63 bits per heavy atom. The molecule has 0 aliphatic carbocycles. The molecule has 2 aliphatic rings. The zero-order chi connectivity index (χ0) is 21.5. The number of morpholine rings is 1. The number of nitrogens with one attached hydrogen (secondary N) is 2. The van der Waals surface area contributed by atoms with Crippen LogP contribution in [-0.2, 0) is 14.2 Å². The number of hydrogen-bond acceptors (Lipinski definition) is 7. The van der Waals surface area contributed by atoms with Crippen molar-refractivity contribution in [3.8, 4) is 5.75 Å². The van der Waals surface area contributed by atoms with Gasteiger partial charge in [-0.25, -0.2) is 9.59 Å². The molecule has 2 heterocycles. The fourth-order valence-electron chi connectivity index (χ4n) is 3.81. The van der Waals surface area contributed by atoms with Crippen molar-refractivity contribution < 1.29 is 28.5 Å². The van der Waals surface area contributed by atoms with E-state index in [-0.39, 0.29) is 28.4 Å². The van der Waals surface area contributed by atoms with Gasteiger partial charge in [-0.05, 0) is 12.5 Å². The van der Waals surface area contributed by atoms with E-state index >= 15 is 0 Å². The molecule has 30 heavy (non-hydrogen) atoms. The molecule has 166 valence electrons. The number of rotatable bonds is 7. The predicted molar refractivity (Wildman–Crippen MR) is 111 cm³/mol. The quantitative estimate of drug-likeness (QED) is 0.624. The zero-order valence-electron chi connectivity index (χ0n) is 17.2. The second-order valence-corrected chi connectivity index (χ2v) is 7.61. The molecule has 1 aromatic carbocycles. The summed E-state index contributed by atoms with van der Waals surface area (Å²) in [7, 11) is 2.70. The van der Waals surface area contributed by atoms with Gasteiger partial charge in [-0.3, -0.25) is 4.90 Å². The number of methoxy groups -OCH3 is 2. The van der Waals surface area contributed by atoms with Crippen LogP contribution >= 0.6 is 11.6 Å². The van der Waals surface area contributed by atoms with E-state index in [1.54, 1.807) is 0 Å². The number of carbonyl (C=O) groups excluding carboxylic acids is 2. The smallest absolute Gasteiger partial charge is 0.341 e. The van der Waals surface area contributed by atoms with Crippen molar-refractivity contribution in [1.29, 1.82) is 0 Å². The number of nitrogens with zero attached hydrogens (tertiary/aromatic N) is 1. The van der Waals surface area contributed by atoms with E-state index in [0.717, 1.165) is 26.1 Å². The highest BCUT2D eigenvalue weighted by Crippen LogP contribution is 2.31. The fraction of sp³-hybridized carbons (Fsp3) is 0.600. The third-order valence-electron chi connectivity index (χ3n) is 5.44. The van der Waals surface area contributed by atoms with Gasteiger partial charge < -0.3 is 29.6 Å². The molecule has 2 N–H and O–H groups in total. The monoisotopic (exact) mass is 441 g/mol. The first kappa shape index (κ1) is 22.6. The molecular weight excluding hydrogens is 414 g/mol. The van der Waals surface area contributed by atoms with Crippen LogP contribution in [0.1, 0.15) is 16.8 Å². The summed E-state index contributed by atoms with van der Waals surface area (Å²) in [4.78, 5) is 26.8. The summed E-state index contributed by atoms with van der Waals surface area (Å²) < 4.78 is 21.0. The molecule has 0 bridgehead atoms. The maximum atomic E-state index is 12.6. The molecule has 0 radical (unpaired) electrons. The number of esters is 1. The molecule has 10 heteroatoms. The molecule has 0 saturated carbocycles. The molecular formula is C20H28ClN3O6. The van der Waals surface area contributed by atoms with Gasteiger partial charge in [-0.1, -0.05) is 11.6 Å². The Bertz CT molecular complexity index is 750. The zero-order valence-corrected chi connectivity index (χ0v) is 18.0. The Balaban J connectivity index is 1.64. The number of halogens is 1. The van der Waals surface area contributed by atoms with Gasteiger partial charge in [0.1, 0.15) is 11.3 Å². The number of benzene rings is 1. The van der Waals surface area contributed by atoms with Gasteiger partial charge in [-0.15, -0.1) is 0 Å². The summed E-state index contributed by atoms with van der Waals surface area (Å²) in [6, 6.07) is 2.70. The summed E-state index contributed by atoms with van der Waals surface area (Å²) in [6.45, 7) is 4.99. The minimum Gasteiger partial charge on any atom is -0.496 e. The van der Waals surface area contributed by atoms with E-state index < -0.39 is 5.97 Å². The minimum absolute atomic E-state index is 0.175. The van der Waals surface area contributed by atoms with Gasteiger partial charge in [0.25, 0.3) is 0 Å². The summed E-state index contributed by atoms with van der Waals surface area (Å²) >= 11 is 6.25. The molecule has 0 aromatic heterocycles. The summed E-state index contributed by atoms with van der Waals surface area (Å²) in [5, 5.41) is 5.88. The highest BCUT2D eigenvalue weighted by atomic mass is 35.5. The Morgan fingerprint density at radius 2 is 2.00 bits per heavy atom. The number of urea groups is 1. The van der Waals surface area contributed by atoms with Crippen LogP contribution in [0, 0.1) is 5.92 Å². The van der Waals surface area contributed by atoms with Gasteiger partial charge >= 0.3 is 12.0 Å². The molecule has 2 amide bonds. The van der Waals surface area contributed by atoms with E-state index in [1.165, 1.54) is 26.4 Å². The summed E-state index contributed by atoms with van der Waals surface area (Å²) in [5.41, 5.74) is 0.523. The summed E-state index contributed by atoms with van der Waals surface area (Å²) in [5.74, 6) is 0.0548. The first-order valence-corrected chi connectivity index (χ1v) is 10.3. The lowest BCUT2D eigenvalue weighted by Crippen LogP contribution is -2.52. The topological polar surface area (TPSA) is 98.4 Å². The maximum absolute atomic E-state index is 12.6. The highest BCUT2D eigenvalue weighted by molar-refractivity contribution is 6.34. The molecule has 1 aromatic rings. The largest absolute Gasteiger partial charge is 0.496 e. The standard InChI is InChI=1S/C20H28ClN3O6/c1-27-18-10-16(15(21)9-14(18)19(25)28-2)23-20(26)22-11-17(13-3-6-30-12-13)24-4-7-29-8-5-24/h9-10,13,17H,3-8,11-12H2,1-2H3,(H2,22,23,26)/t13-,17-/m1/s1. The van der Waals surface area contributed by atoms with E-state index in [1.807, 2.05) is 0 Å². The second-order valence-electron chi connectivity index (χ2n) is 7.20. The molecule has 2 atom stereocenters. The Hall–Kier alpha value is -2.07. The molecule has 0 spiro atoms. The number of anilines is 1. The second kappa shape index (κ2) is 10.8. The van der Waals surface area contributed by atoms with Crippen LogP contribution < -0.4 is 15.4 Å². The molecule has 2 aliphatic heterocycles. The van der Waals surface area contributed by atoms with Gasteiger partial charge in [0, 0.05) is 44.3 Å². The number of hydrogen-bond donors (Lipinski definition) is 2. The van der Waals surface area contributed by atoms with E-state index in [9.17, 15) is 9.59 Å². The maximum Gasteiger partial charge on any atom is 0.341 e. The lowest BCUT2D eigenvalue weighted by Gasteiger charge is -2.37. The van der Waals surface area contributed by atoms with Crippen molar-refractivity contribution >= 4 is 29.3 Å². The van der Waals surface area contributed by atoms with Crippen molar-refractivity contribution in [1.82, 2.24) is 10.2 Å². The molecule has 2 fully saturated rings. The van der Waals surface area contributed by atoms with Crippen LogP contribution in [0.25, 0.3) is 0 Å². The van der Waals surface area contributed by atoms with Crippen LogP contribution in [0.5, 0.6) is 5.75 Å². The fourth-order valence-corrected chi connectivity index (χ4v) is 4.02. The van der Waals surface area contributed by atoms with Crippen molar-refractivity contribution in [3.05, 3.63) is 22.7 Å². The highest BCUT2D eigenvalue weighted by Gasteiger charge is 2.31. The first-order valence-electron chi connectivity index (χ1n) is 9.93. The average molecular weight is 442 g/mol. The average Bonchev–Trinajstić information content (AvgIpc) is 3.29. The van der Waals surface area contributed by atoms with Crippen molar-refractivity contribution in [2.24, 2.45) is 5.92 Å². The Morgan fingerprint density at radius 1 is 1.23 bits per heavy atom. The first-order chi connectivity index (χ1) is 14.5. The van der Waals surface area contributed by atoms with E-state index in [4.69, 9.17) is 30.5 Å². The number of ether oxygens (including phenoxy) is 4. The lowest BCUT2D eigenvalue weighted by atomic mass is 9.97. The number of carbonyl (C=O) groups is 2. The third kappa shape index (κ3) is 5.54. The molecule has 3 rings (SSSR count). The van der Waals surface area contributed by atoms with E-state index in [0.29, 0.717) is 38.0 Å². The summed E-state index contributed by atoms with van der Waals surface area (Å²) in [6.07, 6.45) is 0.976. The van der Waals surface area contributed by atoms with Crippen molar-refractivity contribution in [2.75, 3.05) is 65.6 Å². The van der Waals surface area contributed by atoms with Crippen molar-refractivity contribution in [2.45, 2.75) is 12.5 Å². The minimum atomic E-state index is -0.572. The van der Waals surface area contributed by atoms with Crippen LogP contribution in [0.15, 0.2) is 12.1 Å². The normalized spacial score (nSPS) is 20.4.